The maximum atomic E-state index is 5.69. The van der Waals surface area contributed by atoms with Gasteiger partial charge in [-0.3, -0.25) is 0 Å². The molecular weight excluding hydrogens is 296 g/mol. The minimum absolute atomic E-state index is 0.518. The summed E-state index contributed by atoms with van der Waals surface area (Å²) in [7, 11) is 1.67. The lowest BCUT2D eigenvalue weighted by molar-refractivity contribution is 0.184. The van der Waals surface area contributed by atoms with Crippen LogP contribution in [0.15, 0.2) is 34.9 Å². The van der Waals surface area contributed by atoms with Crippen LogP contribution in [0.1, 0.15) is 11.4 Å². The Labute approximate surface area is 114 Å². The fraction of sp³-hybridized carbons (Fsp3) is 0.231. The van der Waals surface area contributed by atoms with Crippen LogP contribution in [-0.4, -0.2) is 17.1 Å². The monoisotopic (exact) mass is 308 g/mol. The lowest BCUT2D eigenvalue weighted by Gasteiger charge is -2.07. The SMILES string of the molecule is COCc1cccc(Oc2cc(Br)nc(C)n2)c1. The summed E-state index contributed by atoms with van der Waals surface area (Å²) in [6.07, 6.45) is 0. The topological polar surface area (TPSA) is 44.2 Å². The molecule has 2 rings (SSSR count). The number of ether oxygens (including phenoxy) is 2. The molecule has 94 valence electrons. The van der Waals surface area contributed by atoms with Crippen molar-refractivity contribution >= 4 is 15.9 Å². The number of halogens is 1. The molecule has 0 atom stereocenters. The quantitative estimate of drug-likeness (QED) is 0.811. The molecule has 0 aliphatic carbocycles. The van der Waals surface area contributed by atoms with Gasteiger partial charge in [0.1, 0.15) is 16.2 Å². The zero-order valence-corrected chi connectivity index (χ0v) is 11.8. The molecule has 0 aliphatic heterocycles. The third-order valence-corrected chi connectivity index (χ3v) is 2.62. The first-order valence-corrected chi connectivity index (χ1v) is 6.23. The molecule has 0 fully saturated rings. The van der Waals surface area contributed by atoms with E-state index in [0.717, 1.165) is 11.3 Å². The highest BCUT2D eigenvalue weighted by Gasteiger charge is 2.03. The van der Waals surface area contributed by atoms with Crippen molar-refractivity contribution in [2.45, 2.75) is 13.5 Å². The molecular formula is C13H13BrN2O2. The van der Waals surface area contributed by atoms with Gasteiger partial charge in [-0.1, -0.05) is 12.1 Å². The number of rotatable bonds is 4. The summed E-state index contributed by atoms with van der Waals surface area (Å²) in [5, 5.41) is 0. The molecule has 2 aromatic rings. The first-order chi connectivity index (χ1) is 8.67. The Morgan fingerprint density at radius 3 is 2.78 bits per heavy atom. The van der Waals surface area contributed by atoms with Gasteiger partial charge >= 0.3 is 0 Å². The van der Waals surface area contributed by atoms with Crippen LogP contribution in [0.3, 0.4) is 0 Å². The lowest BCUT2D eigenvalue weighted by Crippen LogP contribution is -1.94. The van der Waals surface area contributed by atoms with Crippen LogP contribution in [0.25, 0.3) is 0 Å². The van der Waals surface area contributed by atoms with Gasteiger partial charge in [0.2, 0.25) is 5.88 Å². The van der Waals surface area contributed by atoms with Crippen molar-refractivity contribution in [2.24, 2.45) is 0 Å². The van der Waals surface area contributed by atoms with E-state index in [4.69, 9.17) is 9.47 Å². The van der Waals surface area contributed by atoms with Crippen molar-refractivity contribution in [3.63, 3.8) is 0 Å². The summed E-state index contributed by atoms with van der Waals surface area (Å²) >= 11 is 3.31. The number of nitrogens with zero attached hydrogens (tertiary/aromatic N) is 2. The van der Waals surface area contributed by atoms with Gasteiger partial charge in [0.25, 0.3) is 0 Å². The molecule has 0 spiro atoms. The van der Waals surface area contributed by atoms with Crippen molar-refractivity contribution in [2.75, 3.05) is 7.11 Å². The predicted octanol–water partition coefficient (Wildman–Crippen LogP) is 3.49. The smallest absolute Gasteiger partial charge is 0.223 e. The van der Waals surface area contributed by atoms with Crippen molar-refractivity contribution in [3.05, 3.63) is 46.3 Å². The highest BCUT2D eigenvalue weighted by Crippen LogP contribution is 2.22. The van der Waals surface area contributed by atoms with E-state index in [1.165, 1.54) is 0 Å². The Morgan fingerprint density at radius 2 is 2.06 bits per heavy atom. The van der Waals surface area contributed by atoms with Gasteiger partial charge in [0.05, 0.1) is 6.61 Å². The summed E-state index contributed by atoms with van der Waals surface area (Å²) in [6, 6.07) is 9.44. The maximum absolute atomic E-state index is 5.69. The maximum Gasteiger partial charge on any atom is 0.223 e. The number of hydrogen-bond acceptors (Lipinski definition) is 4. The predicted molar refractivity (Wildman–Crippen MR) is 71.7 cm³/mol. The molecule has 18 heavy (non-hydrogen) atoms. The second-order valence-corrected chi connectivity index (χ2v) is 4.57. The first-order valence-electron chi connectivity index (χ1n) is 5.44. The Balaban J connectivity index is 2.20. The van der Waals surface area contributed by atoms with Gasteiger partial charge in [-0.15, -0.1) is 0 Å². The fourth-order valence-corrected chi connectivity index (χ4v) is 2.00. The van der Waals surface area contributed by atoms with Crippen molar-refractivity contribution in [3.8, 4) is 11.6 Å². The number of aromatic nitrogens is 2. The first kappa shape index (κ1) is 13.0. The van der Waals surface area contributed by atoms with E-state index in [-0.39, 0.29) is 0 Å². The lowest BCUT2D eigenvalue weighted by atomic mass is 10.2. The third-order valence-electron chi connectivity index (χ3n) is 2.22. The molecule has 5 heteroatoms. The van der Waals surface area contributed by atoms with Crippen LogP contribution < -0.4 is 4.74 Å². The van der Waals surface area contributed by atoms with Gasteiger partial charge < -0.3 is 9.47 Å². The van der Waals surface area contributed by atoms with Gasteiger partial charge in [0, 0.05) is 13.2 Å². The Bertz CT molecular complexity index is 526. The zero-order chi connectivity index (χ0) is 13.0. The molecule has 1 aromatic heterocycles. The molecule has 0 bridgehead atoms. The van der Waals surface area contributed by atoms with Gasteiger partial charge in [0.15, 0.2) is 0 Å². The van der Waals surface area contributed by atoms with Crippen molar-refractivity contribution < 1.29 is 9.47 Å². The van der Waals surface area contributed by atoms with Gasteiger partial charge in [-0.25, -0.2) is 4.98 Å². The molecule has 0 saturated carbocycles. The minimum atomic E-state index is 0.518. The molecule has 1 aromatic carbocycles. The van der Waals surface area contributed by atoms with Crippen LogP contribution >= 0.6 is 15.9 Å². The van der Waals surface area contributed by atoms with Gasteiger partial charge in [-0.2, -0.15) is 4.98 Å². The third kappa shape index (κ3) is 3.51. The largest absolute Gasteiger partial charge is 0.439 e. The number of aryl methyl sites for hydroxylation is 1. The number of benzene rings is 1. The van der Waals surface area contributed by atoms with Crippen LogP contribution in [0.5, 0.6) is 11.6 Å². The summed E-state index contributed by atoms with van der Waals surface area (Å²) in [5.41, 5.74) is 1.06. The van der Waals surface area contributed by atoms with Crippen molar-refractivity contribution in [1.82, 2.24) is 9.97 Å². The molecule has 0 saturated heterocycles. The van der Waals surface area contributed by atoms with E-state index in [1.54, 1.807) is 13.2 Å². The average molecular weight is 309 g/mol. The standard InChI is InChI=1S/C13H13BrN2O2/c1-9-15-12(14)7-13(16-9)18-11-5-3-4-10(6-11)8-17-2/h3-7H,8H2,1-2H3. The summed E-state index contributed by atoms with van der Waals surface area (Å²) in [5.74, 6) is 1.91. The van der Waals surface area contributed by atoms with E-state index in [0.29, 0.717) is 22.9 Å². The van der Waals surface area contributed by atoms with Crippen LogP contribution in [0, 0.1) is 6.92 Å². The molecule has 1 heterocycles. The average Bonchev–Trinajstić information content (AvgIpc) is 2.28. The number of methoxy groups -OCH3 is 1. The normalized spacial score (nSPS) is 10.4. The molecule has 4 nitrogen and oxygen atoms in total. The molecule has 0 N–H and O–H groups in total. The highest BCUT2D eigenvalue weighted by atomic mass is 79.9. The van der Waals surface area contributed by atoms with Crippen LogP contribution in [0.4, 0.5) is 0 Å². The van der Waals surface area contributed by atoms with E-state index in [2.05, 4.69) is 25.9 Å². The zero-order valence-electron chi connectivity index (χ0n) is 10.2. The summed E-state index contributed by atoms with van der Waals surface area (Å²) in [4.78, 5) is 8.34. The molecule has 0 unspecified atom stereocenters. The minimum Gasteiger partial charge on any atom is -0.439 e. The van der Waals surface area contributed by atoms with Gasteiger partial charge in [-0.05, 0) is 40.5 Å². The molecule has 0 amide bonds. The fourth-order valence-electron chi connectivity index (χ4n) is 1.54. The van der Waals surface area contributed by atoms with Crippen molar-refractivity contribution in [1.29, 1.82) is 0 Å². The second-order valence-electron chi connectivity index (χ2n) is 3.76. The summed E-state index contributed by atoms with van der Waals surface area (Å²) < 4.78 is 11.5. The van der Waals surface area contributed by atoms with E-state index >= 15 is 0 Å². The van der Waals surface area contributed by atoms with E-state index in [9.17, 15) is 0 Å². The molecule has 0 radical (unpaired) electrons. The highest BCUT2D eigenvalue weighted by molar-refractivity contribution is 9.10. The summed E-state index contributed by atoms with van der Waals surface area (Å²) in [6.45, 7) is 2.38. The van der Waals surface area contributed by atoms with E-state index in [1.807, 2.05) is 31.2 Å². The second kappa shape index (κ2) is 5.93. The number of hydrogen-bond donors (Lipinski definition) is 0. The Hall–Kier alpha value is -1.46. The Kier molecular flexibility index (Phi) is 4.28. The Morgan fingerprint density at radius 1 is 1.22 bits per heavy atom. The van der Waals surface area contributed by atoms with Crippen LogP contribution in [0.2, 0.25) is 0 Å². The van der Waals surface area contributed by atoms with Crippen LogP contribution in [-0.2, 0) is 11.3 Å². The molecule has 0 aliphatic rings. The van der Waals surface area contributed by atoms with E-state index < -0.39 is 0 Å².